The zero-order chi connectivity index (χ0) is 14.5. The van der Waals surface area contributed by atoms with Gasteiger partial charge >= 0.3 is 5.97 Å². The van der Waals surface area contributed by atoms with Crippen LogP contribution >= 0.6 is 11.8 Å². The van der Waals surface area contributed by atoms with Crippen LogP contribution in [0.15, 0.2) is 41.4 Å². The SMILES string of the molecule is COC(=O)/C=C1\SCC(=O)N1CC(=O)c1ccccc1. The first-order chi connectivity index (χ1) is 9.61. The fraction of sp³-hybridized carbons (Fsp3) is 0.214. The van der Waals surface area contributed by atoms with Gasteiger partial charge in [0.1, 0.15) is 0 Å². The molecule has 1 heterocycles. The van der Waals surface area contributed by atoms with Crippen LogP contribution in [0.1, 0.15) is 10.4 Å². The van der Waals surface area contributed by atoms with Crippen LogP contribution < -0.4 is 0 Å². The van der Waals surface area contributed by atoms with Crippen LogP contribution in [0.4, 0.5) is 0 Å². The second kappa shape index (κ2) is 6.38. The van der Waals surface area contributed by atoms with Crippen LogP contribution in [0.3, 0.4) is 0 Å². The third-order valence-electron chi connectivity index (χ3n) is 2.75. The van der Waals surface area contributed by atoms with E-state index in [-0.39, 0.29) is 24.0 Å². The van der Waals surface area contributed by atoms with Gasteiger partial charge in [-0.3, -0.25) is 14.5 Å². The number of nitrogens with zero attached hydrogens (tertiary/aromatic N) is 1. The Balaban J connectivity index is 2.14. The van der Waals surface area contributed by atoms with Crippen molar-refractivity contribution in [1.29, 1.82) is 0 Å². The summed E-state index contributed by atoms with van der Waals surface area (Å²) in [4.78, 5) is 36.4. The van der Waals surface area contributed by atoms with Crippen LogP contribution in [0.2, 0.25) is 0 Å². The normalized spacial score (nSPS) is 16.6. The van der Waals surface area contributed by atoms with Crippen molar-refractivity contribution >= 4 is 29.4 Å². The third kappa shape index (κ3) is 3.27. The van der Waals surface area contributed by atoms with Gasteiger partial charge in [0.25, 0.3) is 0 Å². The first-order valence-corrected chi connectivity index (χ1v) is 6.91. The Hall–Kier alpha value is -2.08. The van der Waals surface area contributed by atoms with Gasteiger partial charge in [0.05, 0.1) is 30.5 Å². The van der Waals surface area contributed by atoms with E-state index in [2.05, 4.69) is 4.74 Å². The maximum Gasteiger partial charge on any atom is 0.333 e. The summed E-state index contributed by atoms with van der Waals surface area (Å²) in [7, 11) is 1.26. The maximum atomic E-state index is 12.1. The number of Topliss-reactive ketones (excluding diaryl/α,β-unsaturated/α-hetero) is 1. The van der Waals surface area contributed by atoms with Gasteiger partial charge in [-0.1, -0.05) is 42.1 Å². The molecule has 2 rings (SSSR count). The third-order valence-corrected chi connectivity index (χ3v) is 3.78. The van der Waals surface area contributed by atoms with Crippen molar-refractivity contribution < 1.29 is 19.1 Å². The van der Waals surface area contributed by atoms with E-state index in [0.717, 1.165) is 0 Å². The fourth-order valence-corrected chi connectivity index (χ4v) is 2.65. The van der Waals surface area contributed by atoms with Crippen LogP contribution in [0.25, 0.3) is 0 Å². The smallest absolute Gasteiger partial charge is 0.333 e. The number of amides is 1. The minimum absolute atomic E-state index is 0.0708. The standard InChI is InChI=1S/C14H13NO4S/c1-19-14(18)7-13-15(12(17)9-20-13)8-11(16)10-5-3-2-4-6-10/h2-7H,8-9H2,1H3/b13-7-. The summed E-state index contributed by atoms with van der Waals surface area (Å²) >= 11 is 1.22. The number of rotatable bonds is 4. The van der Waals surface area contributed by atoms with Crippen molar-refractivity contribution in [3.8, 4) is 0 Å². The van der Waals surface area contributed by atoms with Crippen LogP contribution in [-0.2, 0) is 14.3 Å². The monoisotopic (exact) mass is 291 g/mol. The van der Waals surface area contributed by atoms with Gasteiger partial charge in [0.2, 0.25) is 5.91 Å². The number of carbonyl (C=O) groups excluding carboxylic acids is 3. The first kappa shape index (κ1) is 14.3. The molecule has 20 heavy (non-hydrogen) atoms. The summed E-state index contributed by atoms with van der Waals surface area (Å²) in [5.41, 5.74) is 0.537. The molecule has 0 aliphatic carbocycles. The number of hydrogen-bond donors (Lipinski definition) is 0. The number of esters is 1. The zero-order valence-corrected chi connectivity index (χ0v) is 11.7. The van der Waals surface area contributed by atoms with Gasteiger partial charge in [-0.05, 0) is 0 Å². The van der Waals surface area contributed by atoms with E-state index in [0.29, 0.717) is 10.6 Å². The molecule has 1 aliphatic heterocycles. The predicted molar refractivity (Wildman–Crippen MR) is 75.0 cm³/mol. The lowest BCUT2D eigenvalue weighted by atomic mass is 10.1. The molecule has 1 fully saturated rings. The Bertz CT molecular complexity index is 568. The molecule has 1 aromatic carbocycles. The van der Waals surface area contributed by atoms with E-state index < -0.39 is 5.97 Å². The summed E-state index contributed by atoms with van der Waals surface area (Å²) in [6.45, 7) is -0.0708. The average Bonchev–Trinajstić information content (AvgIpc) is 2.81. The zero-order valence-electron chi connectivity index (χ0n) is 10.9. The molecule has 104 valence electrons. The largest absolute Gasteiger partial charge is 0.466 e. The Morgan fingerprint density at radius 1 is 1.35 bits per heavy atom. The lowest BCUT2D eigenvalue weighted by molar-refractivity contribution is -0.134. The highest BCUT2D eigenvalue weighted by atomic mass is 32.2. The molecule has 1 saturated heterocycles. The lowest BCUT2D eigenvalue weighted by Crippen LogP contribution is -2.30. The number of ether oxygens (including phenoxy) is 1. The predicted octanol–water partition coefficient (Wildman–Crippen LogP) is 1.46. The molecule has 1 aliphatic rings. The summed E-state index contributed by atoms with van der Waals surface area (Å²) in [5.74, 6) is -0.670. The Labute approximate surface area is 120 Å². The van der Waals surface area contributed by atoms with Gasteiger partial charge in [0.15, 0.2) is 5.78 Å². The number of methoxy groups -OCH3 is 1. The second-order valence-corrected chi connectivity index (χ2v) is 5.06. The van der Waals surface area contributed by atoms with Gasteiger partial charge in [-0.2, -0.15) is 0 Å². The second-order valence-electron chi connectivity index (χ2n) is 4.06. The van der Waals surface area contributed by atoms with Crippen molar-refractivity contribution in [3.05, 3.63) is 47.0 Å². The van der Waals surface area contributed by atoms with Crippen molar-refractivity contribution in [2.75, 3.05) is 19.4 Å². The minimum atomic E-state index is -0.542. The van der Waals surface area contributed by atoms with Gasteiger partial charge in [0, 0.05) is 5.56 Å². The van der Waals surface area contributed by atoms with Crippen molar-refractivity contribution in [3.63, 3.8) is 0 Å². The first-order valence-electron chi connectivity index (χ1n) is 5.93. The van der Waals surface area contributed by atoms with E-state index >= 15 is 0 Å². The highest BCUT2D eigenvalue weighted by molar-refractivity contribution is 8.04. The van der Waals surface area contributed by atoms with Gasteiger partial charge < -0.3 is 4.74 Å². The molecule has 0 N–H and O–H groups in total. The Morgan fingerprint density at radius 3 is 2.70 bits per heavy atom. The molecule has 6 heteroatoms. The quantitative estimate of drug-likeness (QED) is 0.477. The van der Waals surface area contributed by atoms with Gasteiger partial charge in [-0.15, -0.1) is 0 Å². The summed E-state index contributed by atoms with van der Waals surface area (Å²) in [6.07, 6.45) is 1.23. The molecule has 1 aromatic rings. The molecule has 5 nitrogen and oxygen atoms in total. The lowest BCUT2D eigenvalue weighted by Gasteiger charge is -2.15. The van der Waals surface area contributed by atoms with Crippen molar-refractivity contribution in [2.24, 2.45) is 0 Å². The van der Waals surface area contributed by atoms with Crippen LogP contribution in [0, 0.1) is 0 Å². The molecule has 0 atom stereocenters. The molecule has 0 saturated carbocycles. The molecule has 1 amide bonds. The molecule has 0 spiro atoms. The summed E-state index contributed by atoms with van der Waals surface area (Å²) in [5, 5.41) is 0.450. The number of thioether (sulfide) groups is 1. The van der Waals surface area contributed by atoms with Crippen molar-refractivity contribution in [1.82, 2.24) is 4.90 Å². The Morgan fingerprint density at radius 2 is 2.05 bits per heavy atom. The van der Waals surface area contributed by atoms with E-state index in [4.69, 9.17) is 0 Å². The molecule has 0 bridgehead atoms. The number of hydrogen-bond acceptors (Lipinski definition) is 5. The molecule has 0 radical (unpaired) electrons. The molecule has 0 unspecified atom stereocenters. The summed E-state index contributed by atoms with van der Waals surface area (Å²) < 4.78 is 4.53. The number of benzene rings is 1. The topological polar surface area (TPSA) is 63.7 Å². The molecular formula is C14H13NO4S. The minimum Gasteiger partial charge on any atom is -0.466 e. The molecule has 0 aromatic heterocycles. The van der Waals surface area contributed by atoms with Gasteiger partial charge in [-0.25, -0.2) is 4.79 Å². The van der Waals surface area contributed by atoms with E-state index in [9.17, 15) is 14.4 Å². The van der Waals surface area contributed by atoms with E-state index in [1.165, 1.54) is 29.8 Å². The fourth-order valence-electron chi connectivity index (χ4n) is 1.72. The van der Waals surface area contributed by atoms with E-state index in [1.54, 1.807) is 24.3 Å². The van der Waals surface area contributed by atoms with Crippen LogP contribution in [0.5, 0.6) is 0 Å². The maximum absolute atomic E-state index is 12.1. The van der Waals surface area contributed by atoms with Crippen molar-refractivity contribution in [2.45, 2.75) is 0 Å². The molecular weight excluding hydrogens is 278 g/mol. The highest BCUT2D eigenvalue weighted by Gasteiger charge is 2.29. The summed E-state index contributed by atoms with van der Waals surface area (Å²) in [6, 6.07) is 8.73. The number of carbonyl (C=O) groups is 3. The van der Waals surface area contributed by atoms with E-state index in [1.807, 2.05) is 6.07 Å². The highest BCUT2D eigenvalue weighted by Crippen LogP contribution is 2.28. The number of ketones is 1. The average molecular weight is 291 g/mol. The Kier molecular flexibility index (Phi) is 4.57. The van der Waals surface area contributed by atoms with Crippen LogP contribution in [-0.4, -0.2) is 42.0 Å².